The number of hydrogen-bond acceptors (Lipinski definition) is 2. The molecule has 74 valence electrons. The first kappa shape index (κ1) is 9.06. The minimum absolute atomic E-state index is 0.0615. The predicted octanol–water partition coefficient (Wildman–Crippen LogP) is 1.32. The third-order valence-electron chi connectivity index (χ3n) is 2.61. The number of carbonyl (C=O) groups excluding carboxylic acids is 1. The van der Waals surface area contributed by atoms with Crippen molar-refractivity contribution in [2.45, 2.75) is 13.3 Å². The third-order valence-corrected chi connectivity index (χ3v) is 2.61. The molecule has 1 aromatic rings. The van der Waals surface area contributed by atoms with Gasteiger partial charge in [0.25, 0.3) is 5.91 Å². The normalized spacial score (nSPS) is 14.6. The Morgan fingerprint density at radius 1 is 1.43 bits per heavy atom. The maximum atomic E-state index is 11.6. The van der Waals surface area contributed by atoms with Gasteiger partial charge in [-0.1, -0.05) is 0 Å². The van der Waals surface area contributed by atoms with Gasteiger partial charge in [0.15, 0.2) is 0 Å². The second kappa shape index (κ2) is 3.33. The SMILES string of the molecule is CNc1cc(C)c2c(c1)CCNC2=O. The number of nitrogens with one attached hydrogen (secondary N) is 2. The van der Waals surface area contributed by atoms with Crippen molar-refractivity contribution in [3.8, 4) is 0 Å². The molecule has 0 aromatic heterocycles. The van der Waals surface area contributed by atoms with Crippen LogP contribution in [-0.4, -0.2) is 19.5 Å². The van der Waals surface area contributed by atoms with Crippen LogP contribution in [0.4, 0.5) is 5.69 Å². The van der Waals surface area contributed by atoms with Gasteiger partial charge >= 0.3 is 0 Å². The van der Waals surface area contributed by atoms with E-state index in [2.05, 4.69) is 16.7 Å². The molecule has 0 saturated carbocycles. The van der Waals surface area contributed by atoms with E-state index in [1.165, 1.54) is 0 Å². The Morgan fingerprint density at radius 3 is 2.93 bits per heavy atom. The van der Waals surface area contributed by atoms with Crippen molar-refractivity contribution < 1.29 is 4.79 Å². The van der Waals surface area contributed by atoms with Crippen LogP contribution < -0.4 is 10.6 Å². The molecule has 3 heteroatoms. The van der Waals surface area contributed by atoms with Gasteiger partial charge in [0.2, 0.25) is 0 Å². The molecule has 1 amide bonds. The molecule has 0 spiro atoms. The summed E-state index contributed by atoms with van der Waals surface area (Å²) >= 11 is 0. The Labute approximate surface area is 83.5 Å². The molecule has 0 aliphatic carbocycles. The Balaban J connectivity index is 2.56. The smallest absolute Gasteiger partial charge is 0.251 e. The fourth-order valence-electron chi connectivity index (χ4n) is 1.93. The molecular weight excluding hydrogens is 176 g/mol. The molecule has 1 heterocycles. The molecule has 14 heavy (non-hydrogen) atoms. The molecule has 0 bridgehead atoms. The van der Waals surface area contributed by atoms with Crippen LogP contribution >= 0.6 is 0 Å². The highest BCUT2D eigenvalue weighted by molar-refractivity contribution is 5.98. The molecule has 0 saturated heterocycles. The quantitative estimate of drug-likeness (QED) is 0.701. The Kier molecular flexibility index (Phi) is 2.15. The van der Waals surface area contributed by atoms with Gasteiger partial charge in [0.1, 0.15) is 0 Å². The van der Waals surface area contributed by atoms with E-state index < -0.39 is 0 Å². The molecule has 2 N–H and O–H groups in total. The van der Waals surface area contributed by atoms with E-state index in [9.17, 15) is 4.79 Å². The lowest BCUT2D eigenvalue weighted by atomic mass is 9.95. The van der Waals surface area contributed by atoms with Gasteiger partial charge in [-0.3, -0.25) is 4.79 Å². The van der Waals surface area contributed by atoms with E-state index in [4.69, 9.17) is 0 Å². The highest BCUT2D eigenvalue weighted by Crippen LogP contribution is 2.22. The Hall–Kier alpha value is -1.51. The van der Waals surface area contributed by atoms with Crippen molar-refractivity contribution in [1.82, 2.24) is 5.32 Å². The summed E-state index contributed by atoms with van der Waals surface area (Å²) in [6, 6.07) is 4.06. The number of rotatable bonds is 1. The van der Waals surface area contributed by atoms with E-state index in [0.29, 0.717) is 0 Å². The van der Waals surface area contributed by atoms with Crippen molar-refractivity contribution in [3.63, 3.8) is 0 Å². The van der Waals surface area contributed by atoms with Gasteiger partial charge in [0, 0.05) is 24.8 Å². The van der Waals surface area contributed by atoms with Crippen LogP contribution in [0.3, 0.4) is 0 Å². The van der Waals surface area contributed by atoms with E-state index in [-0.39, 0.29) is 5.91 Å². The van der Waals surface area contributed by atoms with Crippen LogP contribution in [0.15, 0.2) is 12.1 Å². The first-order valence-corrected chi connectivity index (χ1v) is 4.82. The van der Waals surface area contributed by atoms with Gasteiger partial charge in [-0.25, -0.2) is 0 Å². The van der Waals surface area contributed by atoms with Crippen LogP contribution in [0.25, 0.3) is 0 Å². The molecule has 2 rings (SSSR count). The molecule has 1 aliphatic rings. The van der Waals surface area contributed by atoms with E-state index in [1.807, 2.05) is 20.0 Å². The molecule has 1 aromatic carbocycles. The molecule has 0 fully saturated rings. The van der Waals surface area contributed by atoms with E-state index >= 15 is 0 Å². The average Bonchev–Trinajstić information content (AvgIpc) is 2.17. The second-order valence-corrected chi connectivity index (χ2v) is 3.58. The van der Waals surface area contributed by atoms with Gasteiger partial charge in [-0.05, 0) is 36.6 Å². The minimum atomic E-state index is 0.0615. The zero-order valence-electron chi connectivity index (χ0n) is 8.48. The first-order valence-electron chi connectivity index (χ1n) is 4.82. The third kappa shape index (κ3) is 1.35. The van der Waals surface area contributed by atoms with Crippen molar-refractivity contribution in [3.05, 3.63) is 28.8 Å². The average molecular weight is 190 g/mol. The predicted molar refractivity (Wildman–Crippen MR) is 56.8 cm³/mol. The van der Waals surface area contributed by atoms with Crippen LogP contribution in [0.2, 0.25) is 0 Å². The lowest BCUT2D eigenvalue weighted by Crippen LogP contribution is -2.32. The zero-order chi connectivity index (χ0) is 10.1. The molecule has 3 nitrogen and oxygen atoms in total. The maximum Gasteiger partial charge on any atom is 0.251 e. The molecule has 0 atom stereocenters. The molecular formula is C11H14N2O. The first-order chi connectivity index (χ1) is 6.72. The number of aryl methyl sites for hydroxylation is 1. The second-order valence-electron chi connectivity index (χ2n) is 3.58. The van der Waals surface area contributed by atoms with Crippen LogP contribution in [0.5, 0.6) is 0 Å². The monoisotopic (exact) mass is 190 g/mol. The topological polar surface area (TPSA) is 41.1 Å². The zero-order valence-corrected chi connectivity index (χ0v) is 8.48. The number of fused-ring (bicyclic) bond motifs is 1. The number of hydrogen-bond donors (Lipinski definition) is 2. The van der Waals surface area contributed by atoms with Gasteiger partial charge < -0.3 is 10.6 Å². The van der Waals surface area contributed by atoms with Crippen molar-refractivity contribution in [1.29, 1.82) is 0 Å². The Morgan fingerprint density at radius 2 is 2.21 bits per heavy atom. The molecule has 0 radical (unpaired) electrons. The van der Waals surface area contributed by atoms with Gasteiger partial charge in [0.05, 0.1) is 0 Å². The molecule has 1 aliphatic heterocycles. The van der Waals surface area contributed by atoms with Crippen molar-refractivity contribution in [2.75, 3.05) is 18.9 Å². The highest BCUT2D eigenvalue weighted by atomic mass is 16.1. The lowest BCUT2D eigenvalue weighted by Gasteiger charge is -2.19. The summed E-state index contributed by atoms with van der Waals surface area (Å²) in [5.74, 6) is 0.0615. The van der Waals surface area contributed by atoms with Crippen LogP contribution in [-0.2, 0) is 6.42 Å². The van der Waals surface area contributed by atoms with Crippen LogP contribution in [0, 0.1) is 6.92 Å². The maximum absolute atomic E-state index is 11.6. The minimum Gasteiger partial charge on any atom is -0.388 e. The summed E-state index contributed by atoms with van der Waals surface area (Å²) in [5.41, 5.74) is 4.13. The van der Waals surface area contributed by atoms with Crippen molar-refractivity contribution >= 4 is 11.6 Å². The Bertz CT molecular complexity index is 385. The standard InChI is InChI=1S/C11H14N2O/c1-7-5-9(12-2)6-8-3-4-13-11(14)10(7)8/h5-6,12H,3-4H2,1-2H3,(H,13,14). The summed E-state index contributed by atoms with van der Waals surface area (Å²) in [6.45, 7) is 2.73. The summed E-state index contributed by atoms with van der Waals surface area (Å²) in [6.07, 6.45) is 0.928. The summed E-state index contributed by atoms with van der Waals surface area (Å²) in [4.78, 5) is 11.6. The number of anilines is 1. The van der Waals surface area contributed by atoms with Gasteiger partial charge in [-0.15, -0.1) is 0 Å². The fraction of sp³-hybridized carbons (Fsp3) is 0.364. The summed E-state index contributed by atoms with van der Waals surface area (Å²) in [7, 11) is 1.89. The number of carbonyl (C=O) groups is 1. The number of amides is 1. The fourth-order valence-corrected chi connectivity index (χ4v) is 1.93. The van der Waals surface area contributed by atoms with Crippen LogP contribution in [0.1, 0.15) is 21.5 Å². The summed E-state index contributed by atoms with van der Waals surface area (Å²) in [5, 5.41) is 5.96. The lowest BCUT2D eigenvalue weighted by molar-refractivity contribution is 0.0945. The summed E-state index contributed by atoms with van der Waals surface area (Å²) < 4.78 is 0. The largest absolute Gasteiger partial charge is 0.388 e. The van der Waals surface area contributed by atoms with E-state index in [1.54, 1.807) is 0 Å². The van der Waals surface area contributed by atoms with Gasteiger partial charge in [-0.2, -0.15) is 0 Å². The van der Waals surface area contributed by atoms with E-state index in [0.717, 1.165) is 35.3 Å². The highest BCUT2D eigenvalue weighted by Gasteiger charge is 2.18. The number of benzene rings is 1. The molecule has 0 unspecified atom stereocenters. The van der Waals surface area contributed by atoms with Crippen molar-refractivity contribution in [2.24, 2.45) is 0 Å².